The van der Waals surface area contributed by atoms with E-state index in [0.29, 0.717) is 31.7 Å². The number of hydrogen-bond acceptors (Lipinski definition) is 5. The molecule has 0 bridgehead atoms. The number of nitro groups is 1. The fraction of sp³-hybridized carbons (Fsp3) is 0.333. The number of carbonyl (C=O) groups excluding carboxylic acids is 1. The largest absolute Gasteiger partial charge is 0.365 e. The number of piperazine rings is 1. The minimum atomic E-state index is -0.510. The Hall–Kier alpha value is -2.96. The third-order valence-corrected chi connectivity index (χ3v) is 4.46. The second kappa shape index (κ2) is 7.29. The highest BCUT2D eigenvalue weighted by Crippen LogP contribution is 2.19. The lowest BCUT2D eigenvalue weighted by atomic mass is 10.1. The van der Waals surface area contributed by atoms with E-state index in [1.807, 2.05) is 29.2 Å². The summed E-state index contributed by atoms with van der Waals surface area (Å²) in [4.78, 5) is 30.5. The van der Waals surface area contributed by atoms with Crippen LogP contribution in [0.2, 0.25) is 0 Å². The molecule has 0 aliphatic carbocycles. The first-order valence-electron chi connectivity index (χ1n) is 8.32. The first kappa shape index (κ1) is 16.9. The minimum absolute atomic E-state index is 0.0455. The molecular weight excluding hydrogens is 320 g/mol. The molecule has 25 heavy (non-hydrogen) atoms. The van der Waals surface area contributed by atoms with E-state index in [-0.39, 0.29) is 11.7 Å². The smallest absolute Gasteiger partial charge is 0.363 e. The van der Waals surface area contributed by atoms with Crippen LogP contribution >= 0.6 is 0 Å². The number of benzene rings is 1. The van der Waals surface area contributed by atoms with Crippen LogP contribution in [0, 0.1) is 10.1 Å². The predicted molar refractivity (Wildman–Crippen MR) is 94.8 cm³/mol. The Morgan fingerprint density at radius 2 is 1.80 bits per heavy atom. The third-order valence-electron chi connectivity index (χ3n) is 4.46. The summed E-state index contributed by atoms with van der Waals surface area (Å²) < 4.78 is 0. The molecule has 3 rings (SSSR count). The number of carbonyl (C=O) groups is 1. The Morgan fingerprint density at radius 1 is 1.12 bits per heavy atom. The van der Waals surface area contributed by atoms with Gasteiger partial charge in [0, 0.05) is 37.8 Å². The van der Waals surface area contributed by atoms with Crippen LogP contribution in [0.4, 0.5) is 11.5 Å². The molecule has 1 aliphatic heterocycles. The maximum Gasteiger partial charge on any atom is 0.363 e. The fourth-order valence-electron chi connectivity index (χ4n) is 2.91. The molecule has 0 saturated carbocycles. The highest BCUT2D eigenvalue weighted by atomic mass is 16.6. The summed E-state index contributed by atoms with van der Waals surface area (Å²) in [5.41, 5.74) is 2.76. The van der Waals surface area contributed by atoms with Crippen molar-refractivity contribution in [1.82, 2.24) is 9.88 Å². The van der Waals surface area contributed by atoms with Crippen LogP contribution in [0.25, 0.3) is 0 Å². The van der Waals surface area contributed by atoms with E-state index in [1.54, 1.807) is 6.07 Å². The van der Waals surface area contributed by atoms with Crippen molar-refractivity contribution in [2.45, 2.75) is 13.3 Å². The van der Waals surface area contributed by atoms with Crippen molar-refractivity contribution in [1.29, 1.82) is 0 Å². The molecule has 0 N–H and O–H groups in total. The Labute approximate surface area is 146 Å². The number of aromatic nitrogens is 1. The quantitative estimate of drug-likeness (QED) is 0.631. The molecule has 7 nitrogen and oxygen atoms in total. The van der Waals surface area contributed by atoms with Crippen LogP contribution in [-0.4, -0.2) is 46.9 Å². The minimum Gasteiger partial charge on any atom is -0.365 e. The molecular formula is C18H20N4O3. The molecule has 0 spiro atoms. The van der Waals surface area contributed by atoms with Gasteiger partial charge in [-0.25, -0.2) is 0 Å². The van der Waals surface area contributed by atoms with Crippen LogP contribution in [0.5, 0.6) is 0 Å². The highest BCUT2D eigenvalue weighted by molar-refractivity contribution is 5.94. The van der Waals surface area contributed by atoms with Crippen LogP contribution in [0.1, 0.15) is 22.8 Å². The SMILES string of the molecule is CCc1ccc(C(=O)N2CCN(c3ccc([N+](=O)[O-])nc3)CC2)cc1. The normalized spacial score (nSPS) is 14.4. The molecule has 1 aromatic carbocycles. The lowest BCUT2D eigenvalue weighted by Gasteiger charge is -2.35. The first-order chi connectivity index (χ1) is 12.1. The number of anilines is 1. The molecule has 1 fully saturated rings. The number of hydrogen-bond donors (Lipinski definition) is 0. The van der Waals surface area contributed by atoms with Crippen molar-refractivity contribution in [3.8, 4) is 0 Å². The van der Waals surface area contributed by atoms with Gasteiger partial charge in [0.05, 0.1) is 5.69 Å². The fourth-order valence-corrected chi connectivity index (χ4v) is 2.91. The number of pyridine rings is 1. The van der Waals surface area contributed by atoms with Gasteiger partial charge < -0.3 is 19.9 Å². The molecule has 130 valence electrons. The van der Waals surface area contributed by atoms with Gasteiger partial charge in [0.15, 0.2) is 6.20 Å². The molecule has 7 heteroatoms. The van der Waals surface area contributed by atoms with Crippen LogP contribution < -0.4 is 4.90 Å². The zero-order valence-corrected chi connectivity index (χ0v) is 14.1. The van der Waals surface area contributed by atoms with Crippen LogP contribution in [0.15, 0.2) is 42.6 Å². The molecule has 1 aliphatic rings. The van der Waals surface area contributed by atoms with E-state index in [1.165, 1.54) is 17.8 Å². The topological polar surface area (TPSA) is 79.6 Å². The lowest BCUT2D eigenvalue weighted by molar-refractivity contribution is -0.389. The summed E-state index contributed by atoms with van der Waals surface area (Å²) in [5.74, 6) is -0.114. The van der Waals surface area contributed by atoms with Crippen molar-refractivity contribution >= 4 is 17.4 Å². The van der Waals surface area contributed by atoms with E-state index in [2.05, 4.69) is 16.8 Å². The molecule has 1 aromatic heterocycles. The van der Waals surface area contributed by atoms with Gasteiger partial charge in [-0.15, -0.1) is 0 Å². The summed E-state index contributed by atoms with van der Waals surface area (Å²) in [5, 5.41) is 10.7. The lowest BCUT2D eigenvalue weighted by Crippen LogP contribution is -2.48. The van der Waals surface area contributed by atoms with Crippen molar-refractivity contribution in [3.63, 3.8) is 0 Å². The molecule has 0 unspecified atom stereocenters. The average molecular weight is 340 g/mol. The molecule has 1 saturated heterocycles. The van der Waals surface area contributed by atoms with Gasteiger partial charge in [-0.1, -0.05) is 19.1 Å². The van der Waals surface area contributed by atoms with Gasteiger partial charge in [0.2, 0.25) is 0 Å². The summed E-state index contributed by atoms with van der Waals surface area (Å²) >= 11 is 0. The molecule has 0 radical (unpaired) electrons. The second-order valence-corrected chi connectivity index (χ2v) is 5.96. The summed E-state index contributed by atoms with van der Waals surface area (Å²) in [6.07, 6.45) is 2.47. The van der Waals surface area contributed by atoms with Gasteiger partial charge >= 0.3 is 5.82 Å². The number of nitrogens with zero attached hydrogens (tertiary/aromatic N) is 4. The van der Waals surface area contributed by atoms with Crippen molar-refractivity contribution in [2.75, 3.05) is 31.1 Å². The van der Waals surface area contributed by atoms with Crippen molar-refractivity contribution in [2.24, 2.45) is 0 Å². The van der Waals surface area contributed by atoms with Crippen LogP contribution in [0.3, 0.4) is 0 Å². The summed E-state index contributed by atoms with van der Waals surface area (Å²) in [7, 11) is 0. The predicted octanol–water partition coefficient (Wildman–Crippen LogP) is 2.51. The number of amides is 1. The molecule has 0 atom stereocenters. The monoisotopic (exact) mass is 340 g/mol. The van der Waals surface area contributed by atoms with Gasteiger partial charge in [0.25, 0.3) is 5.91 Å². The third kappa shape index (κ3) is 3.76. The Kier molecular flexibility index (Phi) is 4.92. The van der Waals surface area contributed by atoms with E-state index >= 15 is 0 Å². The Balaban J connectivity index is 1.60. The maximum atomic E-state index is 12.6. The zero-order valence-electron chi connectivity index (χ0n) is 14.1. The average Bonchev–Trinajstić information content (AvgIpc) is 2.67. The summed E-state index contributed by atoms with van der Waals surface area (Å²) in [6.45, 7) is 4.68. The molecule has 2 aromatic rings. The molecule has 1 amide bonds. The van der Waals surface area contributed by atoms with Crippen LogP contribution in [-0.2, 0) is 6.42 Å². The zero-order chi connectivity index (χ0) is 17.8. The Morgan fingerprint density at radius 3 is 2.32 bits per heavy atom. The van der Waals surface area contributed by atoms with Gasteiger partial charge in [-0.05, 0) is 40.1 Å². The number of aryl methyl sites for hydroxylation is 1. The van der Waals surface area contributed by atoms with E-state index in [4.69, 9.17) is 0 Å². The second-order valence-electron chi connectivity index (χ2n) is 5.96. The van der Waals surface area contributed by atoms with E-state index in [0.717, 1.165) is 12.1 Å². The van der Waals surface area contributed by atoms with Gasteiger partial charge in [0.1, 0.15) is 0 Å². The summed E-state index contributed by atoms with van der Waals surface area (Å²) in [6, 6.07) is 10.9. The molecule has 2 heterocycles. The highest BCUT2D eigenvalue weighted by Gasteiger charge is 2.23. The van der Waals surface area contributed by atoms with Gasteiger partial charge in [-0.2, -0.15) is 0 Å². The van der Waals surface area contributed by atoms with Crippen molar-refractivity contribution < 1.29 is 9.72 Å². The van der Waals surface area contributed by atoms with E-state index in [9.17, 15) is 14.9 Å². The standard InChI is InChI=1S/C18H20N4O3/c1-2-14-3-5-15(6-4-14)18(23)21-11-9-20(10-12-21)16-7-8-17(19-13-16)22(24)25/h3-8,13H,2,9-12H2,1H3. The maximum absolute atomic E-state index is 12.6. The van der Waals surface area contributed by atoms with Gasteiger partial charge in [-0.3, -0.25) is 4.79 Å². The number of rotatable bonds is 4. The van der Waals surface area contributed by atoms with Crippen molar-refractivity contribution in [3.05, 3.63) is 63.8 Å². The Bertz CT molecular complexity index is 751. The first-order valence-corrected chi connectivity index (χ1v) is 8.32. The van der Waals surface area contributed by atoms with E-state index < -0.39 is 4.92 Å².